The molecule has 2 aromatic heterocycles. The first-order valence-electron chi connectivity index (χ1n) is 7.74. The quantitative estimate of drug-likeness (QED) is 0.632. The first-order chi connectivity index (χ1) is 12.4. The fourth-order valence-corrected chi connectivity index (χ4v) is 6.76. The summed E-state index contributed by atoms with van der Waals surface area (Å²) in [5, 5.41) is 3.19. The van der Waals surface area contributed by atoms with E-state index in [9.17, 15) is 13.2 Å². The summed E-state index contributed by atoms with van der Waals surface area (Å²) in [6.07, 6.45) is 2.55. The van der Waals surface area contributed by atoms with E-state index in [0.29, 0.717) is 32.8 Å². The number of hydrogen-bond acceptors (Lipinski definition) is 5. The van der Waals surface area contributed by atoms with Crippen molar-refractivity contribution in [3.8, 4) is 0 Å². The molecule has 4 rings (SSSR count). The van der Waals surface area contributed by atoms with Crippen LogP contribution < -0.4 is 11.0 Å². The molecule has 1 aromatic carbocycles. The number of hydrogen-bond donors (Lipinski definition) is 1. The predicted molar refractivity (Wildman–Crippen MR) is 108 cm³/mol. The van der Waals surface area contributed by atoms with Crippen molar-refractivity contribution < 1.29 is 8.42 Å². The molecule has 1 N–H and O–H groups in total. The predicted octanol–water partition coefficient (Wildman–Crippen LogP) is 3.35. The largest absolute Gasteiger partial charge is 0.347 e. The highest BCUT2D eigenvalue weighted by molar-refractivity contribution is 9.10. The Morgan fingerprint density at radius 3 is 2.58 bits per heavy atom. The van der Waals surface area contributed by atoms with E-state index in [4.69, 9.17) is 11.6 Å². The molecule has 10 heteroatoms. The van der Waals surface area contributed by atoms with Crippen LogP contribution >= 0.6 is 38.9 Å². The summed E-state index contributed by atoms with van der Waals surface area (Å²) in [5.41, 5.74) is 1.11. The lowest BCUT2D eigenvalue weighted by molar-refractivity contribution is 0.588. The van der Waals surface area contributed by atoms with Crippen LogP contribution in [0.3, 0.4) is 0 Å². The van der Waals surface area contributed by atoms with Crippen molar-refractivity contribution in [3.05, 3.63) is 55.7 Å². The molecule has 0 saturated carbocycles. The van der Waals surface area contributed by atoms with Crippen molar-refractivity contribution in [2.75, 3.05) is 13.1 Å². The molecular formula is C16H13BrClN3O3S2. The molecule has 3 heterocycles. The highest BCUT2D eigenvalue weighted by Crippen LogP contribution is 2.36. The van der Waals surface area contributed by atoms with Gasteiger partial charge in [-0.1, -0.05) is 29.8 Å². The van der Waals surface area contributed by atoms with Crippen LogP contribution in [0.4, 0.5) is 0 Å². The first-order valence-corrected chi connectivity index (χ1v) is 11.2. The fraction of sp³-hybridized carbons (Fsp3) is 0.188. The molecule has 0 saturated heterocycles. The zero-order chi connectivity index (χ0) is 18.5. The Morgan fingerprint density at radius 1 is 1.23 bits per heavy atom. The van der Waals surface area contributed by atoms with Crippen LogP contribution in [0.15, 0.2) is 49.9 Å². The Morgan fingerprint density at radius 2 is 1.96 bits per heavy atom. The third kappa shape index (κ3) is 2.78. The third-order valence-electron chi connectivity index (χ3n) is 4.15. The Hall–Kier alpha value is -1.39. The van der Waals surface area contributed by atoms with Crippen LogP contribution in [0.25, 0.3) is 16.7 Å². The maximum atomic E-state index is 13.2. The van der Waals surface area contributed by atoms with Gasteiger partial charge in [-0.15, -0.1) is 11.3 Å². The molecule has 3 aromatic rings. The summed E-state index contributed by atoms with van der Waals surface area (Å²) in [4.78, 5) is 13.1. The molecule has 0 radical (unpaired) electrons. The lowest BCUT2D eigenvalue weighted by Crippen LogP contribution is -2.31. The van der Waals surface area contributed by atoms with E-state index in [2.05, 4.69) is 21.2 Å². The van der Waals surface area contributed by atoms with Crippen molar-refractivity contribution >= 4 is 65.6 Å². The highest BCUT2D eigenvalue weighted by Gasteiger charge is 2.28. The number of rotatable bonds is 3. The van der Waals surface area contributed by atoms with E-state index in [1.807, 2.05) is 6.08 Å². The number of para-hydroxylation sites is 2. The second kappa shape index (κ2) is 6.65. The standard InChI is InChI=1S/C16H13BrClN3O3S2/c17-11-9-14(25-15(11)18)26(23,24)21-13-4-2-1-3-12(13)20(16(21)22)10-5-7-19-8-6-10/h1-5,9,19H,6-8H2. The Balaban J connectivity index is 2.04. The van der Waals surface area contributed by atoms with Gasteiger partial charge in [-0.25, -0.2) is 4.79 Å². The van der Waals surface area contributed by atoms with Crippen molar-refractivity contribution in [1.82, 2.24) is 13.9 Å². The van der Waals surface area contributed by atoms with Crippen molar-refractivity contribution in [2.45, 2.75) is 10.6 Å². The molecule has 0 amide bonds. The van der Waals surface area contributed by atoms with Crippen LogP contribution in [0.2, 0.25) is 4.34 Å². The van der Waals surface area contributed by atoms with Gasteiger partial charge >= 0.3 is 5.69 Å². The molecule has 0 fully saturated rings. The summed E-state index contributed by atoms with van der Waals surface area (Å²) in [7, 11) is -4.07. The molecule has 1 aliphatic rings. The summed E-state index contributed by atoms with van der Waals surface area (Å²) in [6, 6.07) is 8.31. The van der Waals surface area contributed by atoms with E-state index in [1.54, 1.807) is 24.3 Å². The maximum Gasteiger partial charge on any atom is 0.347 e. The maximum absolute atomic E-state index is 13.2. The summed E-state index contributed by atoms with van der Waals surface area (Å²) in [5.74, 6) is 0. The minimum absolute atomic E-state index is 0.0127. The number of thiophene rings is 1. The van der Waals surface area contributed by atoms with E-state index in [1.165, 1.54) is 10.6 Å². The lowest BCUT2D eigenvalue weighted by Gasteiger charge is -2.14. The summed E-state index contributed by atoms with van der Waals surface area (Å²) < 4.78 is 29.5. The van der Waals surface area contributed by atoms with Gasteiger partial charge in [0.2, 0.25) is 0 Å². The second-order valence-corrected chi connectivity index (χ2v) is 10.2. The molecule has 0 unspecified atom stereocenters. The molecule has 0 spiro atoms. The van der Waals surface area contributed by atoms with E-state index < -0.39 is 15.7 Å². The molecule has 0 aliphatic carbocycles. The van der Waals surface area contributed by atoms with Crippen LogP contribution in [0.1, 0.15) is 6.42 Å². The molecular weight excluding hydrogens is 462 g/mol. The smallest absolute Gasteiger partial charge is 0.313 e. The molecule has 0 atom stereocenters. The SMILES string of the molecule is O=c1n(C2=CCNCC2)c2ccccc2n1S(=O)(=O)c1cc(Br)c(Cl)s1. The van der Waals surface area contributed by atoms with Gasteiger partial charge in [-0.2, -0.15) is 12.4 Å². The Bertz CT molecular complexity index is 1190. The van der Waals surface area contributed by atoms with Gasteiger partial charge in [0, 0.05) is 29.7 Å². The number of nitrogens with one attached hydrogen (secondary N) is 1. The van der Waals surface area contributed by atoms with Gasteiger partial charge < -0.3 is 5.32 Å². The molecule has 26 heavy (non-hydrogen) atoms. The van der Waals surface area contributed by atoms with E-state index in [-0.39, 0.29) is 4.21 Å². The van der Waals surface area contributed by atoms with Crippen LogP contribution in [-0.2, 0) is 10.0 Å². The van der Waals surface area contributed by atoms with Gasteiger partial charge in [-0.05, 0) is 34.1 Å². The zero-order valence-electron chi connectivity index (χ0n) is 13.3. The number of nitrogens with zero attached hydrogens (tertiary/aromatic N) is 2. The number of aromatic nitrogens is 2. The fourth-order valence-electron chi connectivity index (χ4n) is 2.99. The minimum Gasteiger partial charge on any atom is -0.313 e. The van der Waals surface area contributed by atoms with E-state index >= 15 is 0 Å². The number of benzene rings is 1. The van der Waals surface area contributed by atoms with Gasteiger partial charge in [0.15, 0.2) is 0 Å². The Labute approximate surface area is 166 Å². The second-order valence-electron chi connectivity index (χ2n) is 5.71. The molecule has 1 aliphatic heterocycles. The third-order valence-corrected chi connectivity index (χ3v) is 8.76. The average Bonchev–Trinajstić information content (AvgIpc) is 3.12. The Kier molecular flexibility index (Phi) is 4.60. The van der Waals surface area contributed by atoms with E-state index in [0.717, 1.165) is 27.6 Å². The molecule has 6 nitrogen and oxygen atoms in total. The van der Waals surface area contributed by atoms with Crippen LogP contribution in [-0.4, -0.2) is 30.0 Å². The minimum atomic E-state index is -4.07. The van der Waals surface area contributed by atoms with Gasteiger partial charge in [0.05, 0.1) is 11.0 Å². The number of halogens is 2. The van der Waals surface area contributed by atoms with Gasteiger partial charge in [0.1, 0.15) is 8.55 Å². The highest BCUT2D eigenvalue weighted by atomic mass is 79.9. The molecule has 0 bridgehead atoms. The van der Waals surface area contributed by atoms with Crippen LogP contribution in [0.5, 0.6) is 0 Å². The number of imidazole rings is 1. The van der Waals surface area contributed by atoms with Gasteiger partial charge in [-0.3, -0.25) is 4.57 Å². The van der Waals surface area contributed by atoms with Crippen molar-refractivity contribution in [2.24, 2.45) is 0 Å². The summed E-state index contributed by atoms with van der Waals surface area (Å²) >= 11 is 10.1. The monoisotopic (exact) mass is 473 g/mol. The first kappa shape index (κ1) is 18.0. The molecule has 136 valence electrons. The van der Waals surface area contributed by atoms with Crippen molar-refractivity contribution in [1.29, 1.82) is 0 Å². The van der Waals surface area contributed by atoms with Crippen molar-refractivity contribution in [3.63, 3.8) is 0 Å². The topological polar surface area (TPSA) is 73.1 Å². The van der Waals surface area contributed by atoms with Gasteiger partial charge in [0.25, 0.3) is 10.0 Å². The number of fused-ring (bicyclic) bond motifs is 1. The van der Waals surface area contributed by atoms with Crippen LogP contribution in [0, 0.1) is 0 Å². The zero-order valence-corrected chi connectivity index (χ0v) is 17.3. The normalized spacial score (nSPS) is 15.4. The average molecular weight is 475 g/mol. The lowest BCUT2D eigenvalue weighted by atomic mass is 10.2. The summed E-state index contributed by atoms with van der Waals surface area (Å²) in [6.45, 7) is 1.37.